The van der Waals surface area contributed by atoms with E-state index in [-0.39, 0.29) is 40.1 Å². The van der Waals surface area contributed by atoms with E-state index in [1.807, 2.05) is 0 Å². The molecule has 1 heterocycles. The summed E-state index contributed by atoms with van der Waals surface area (Å²) in [5, 5.41) is 0. The number of sulfonamides is 2. The molecule has 0 saturated heterocycles. The van der Waals surface area contributed by atoms with Gasteiger partial charge in [0.25, 0.3) is 20.0 Å². The van der Waals surface area contributed by atoms with Crippen LogP contribution in [0.5, 0.6) is 5.75 Å². The Labute approximate surface area is 178 Å². The van der Waals surface area contributed by atoms with Crippen molar-refractivity contribution >= 4 is 31.4 Å². The Balaban J connectivity index is 1.69. The monoisotopic (exact) mass is 466 g/mol. The summed E-state index contributed by atoms with van der Waals surface area (Å²) < 4.78 is 86.6. The maximum absolute atomic E-state index is 13.2. The summed E-state index contributed by atoms with van der Waals surface area (Å²) >= 11 is 0. The lowest BCUT2D eigenvalue weighted by Gasteiger charge is -2.31. The molecule has 162 valence electrons. The Morgan fingerprint density at radius 2 is 1.39 bits per heavy atom. The number of anilines is 2. The smallest absolute Gasteiger partial charge is 0.264 e. The number of fused-ring (bicyclic) bond motifs is 1. The predicted octanol–water partition coefficient (Wildman–Crippen LogP) is 3.35. The van der Waals surface area contributed by atoms with Crippen molar-refractivity contribution in [3.8, 4) is 5.75 Å². The van der Waals surface area contributed by atoms with Gasteiger partial charge >= 0.3 is 0 Å². The average molecular weight is 466 g/mol. The molecular formula is C20H16F2N2O5S2. The molecule has 1 aliphatic rings. The summed E-state index contributed by atoms with van der Waals surface area (Å²) in [7, 11) is -8.08. The predicted molar refractivity (Wildman–Crippen MR) is 110 cm³/mol. The number of nitrogens with one attached hydrogen (secondary N) is 1. The van der Waals surface area contributed by atoms with E-state index in [9.17, 15) is 25.6 Å². The van der Waals surface area contributed by atoms with Gasteiger partial charge in [-0.2, -0.15) is 0 Å². The Morgan fingerprint density at radius 1 is 0.806 bits per heavy atom. The van der Waals surface area contributed by atoms with E-state index in [0.717, 1.165) is 52.8 Å². The maximum atomic E-state index is 13.2. The molecule has 1 aliphatic heterocycles. The number of hydrogen-bond acceptors (Lipinski definition) is 5. The molecular weight excluding hydrogens is 450 g/mol. The molecule has 1 N–H and O–H groups in total. The van der Waals surface area contributed by atoms with Gasteiger partial charge in [0.15, 0.2) is 0 Å². The Morgan fingerprint density at radius 3 is 2.00 bits per heavy atom. The second-order valence-corrected chi connectivity index (χ2v) is 10.2. The molecule has 0 amide bonds. The molecule has 0 radical (unpaired) electrons. The topological polar surface area (TPSA) is 92.8 Å². The summed E-state index contributed by atoms with van der Waals surface area (Å²) in [5.41, 5.74) is 0.225. The van der Waals surface area contributed by atoms with Gasteiger partial charge < -0.3 is 4.74 Å². The molecule has 0 fully saturated rings. The van der Waals surface area contributed by atoms with Gasteiger partial charge in [0.2, 0.25) is 0 Å². The van der Waals surface area contributed by atoms with Crippen LogP contribution in [-0.4, -0.2) is 30.0 Å². The van der Waals surface area contributed by atoms with E-state index >= 15 is 0 Å². The van der Waals surface area contributed by atoms with E-state index < -0.39 is 31.7 Å². The lowest BCUT2D eigenvalue weighted by Crippen LogP contribution is -2.38. The molecule has 0 atom stereocenters. The molecule has 3 aromatic rings. The highest BCUT2D eigenvalue weighted by atomic mass is 32.2. The summed E-state index contributed by atoms with van der Waals surface area (Å²) in [5.74, 6) is -0.896. The quantitative estimate of drug-likeness (QED) is 0.623. The third-order valence-corrected chi connectivity index (χ3v) is 7.78. The minimum Gasteiger partial charge on any atom is -0.489 e. The highest BCUT2D eigenvalue weighted by molar-refractivity contribution is 7.93. The SMILES string of the molecule is O=S(=O)(Nc1ccc2c(c1)N(S(=O)(=O)c1ccc(F)cc1)CCO2)c1ccc(F)cc1. The van der Waals surface area contributed by atoms with E-state index in [1.165, 1.54) is 18.2 Å². The van der Waals surface area contributed by atoms with Crippen LogP contribution in [0.3, 0.4) is 0 Å². The third kappa shape index (κ3) is 4.19. The zero-order valence-electron chi connectivity index (χ0n) is 15.8. The lowest BCUT2D eigenvalue weighted by atomic mass is 10.2. The first-order valence-electron chi connectivity index (χ1n) is 9.00. The highest BCUT2D eigenvalue weighted by Crippen LogP contribution is 2.37. The van der Waals surface area contributed by atoms with Crippen molar-refractivity contribution in [3.63, 3.8) is 0 Å². The summed E-state index contributed by atoms with van der Waals surface area (Å²) in [6, 6.07) is 12.9. The molecule has 7 nitrogen and oxygen atoms in total. The molecule has 0 aliphatic carbocycles. The van der Waals surface area contributed by atoms with Crippen LogP contribution in [0.1, 0.15) is 0 Å². The molecule has 4 rings (SSSR count). The summed E-state index contributed by atoms with van der Waals surface area (Å²) in [6.45, 7) is 0.0783. The summed E-state index contributed by atoms with van der Waals surface area (Å²) in [4.78, 5) is -0.266. The number of ether oxygens (including phenoxy) is 1. The van der Waals surface area contributed by atoms with Crippen LogP contribution in [0.15, 0.2) is 76.5 Å². The zero-order chi connectivity index (χ0) is 22.2. The summed E-state index contributed by atoms with van der Waals surface area (Å²) in [6.07, 6.45) is 0. The van der Waals surface area contributed by atoms with Crippen LogP contribution in [0.2, 0.25) is 0 Å². The Hall–Kier alpha value is -3.18. The first-order chi connectivity index (χ1) is 14.7. The van der Waals surface area contributed by atoms with Gasteiger partial charge in [-0.25, -0.2) is 25.6 Å². The molecule has 0 saturated carbocycles. The molecule has 0 bridgehead atoms. The van der Waals surface area contributed by atoms with Gasteiger partial charge in [-0.05, 0) is 66.7 Å². The van der Waals surface area contributed by atoms with Crippen molar-refractivity contribution in [1.82, 2.24) is 0 Å². The molecule has 0 unspecified atom stereocenters. The fourth-order valence-corrected chi connectivity index (χ4v) is 5.57. The maximum Gasteiger partial charge on any atom is 0.264 e. The van der Waals surface area contributed by atoms with E-state index in [0.29, 0.717) is 0 Å². The minimum absolute atomic E-state index is 0.0130. The second kappa shape index (κ2) is 7.82. The van der Waals surface area contributed by atoms with Crippen LogP contribution in [0.4, 0.5) is 20.2 Å². The largest absolute Gasteiger partial charge is 0.489 e. The van der Waals surface area contributed by atoms with Crippen molar-refractivity contribution in [3.05, 3.63) is 78.4 Å². The van der Waals surface area contributed by atoms with Crippen LogP contribution in [-0.2, 0) is 20.0 Å². The number of rotatable bonds is 5. The molecule has 11 heteroatoms. The van der Waals surface area contributed by atoms with Crippen molar-refractivity contribution in [2.24, 2.45) is 0 Å². The molecule has 3 aromatic carbocycles. The number of nitrogens with zero attached hydrogens (tertiary/aromatic N) is 1. The van der Waals surface area contributed by atoms with Gasteiger partial charge in [-0.1, -0.05) is 0 Å². The van der Waals surface area contributed by atoms with Crippen LogP contribution in [0, 0.1) is 11.6 Å². The lowest BCUT2D eigenvalue weighted by molar-refractivity contribution is 0.316. The van der Waals surface area contributed by atoms with Gasteiger partial charge in [0, 0.05) is 0 Å². The Kier molecular flexibility index (Phi) is 5.31. The first-order valence-corrected chi connectivity index (χ1v) is 11.9. The van der Waals surface area contributed by atoms with Gasteiger partial charge in [0.1, 0.15) is 24.0 Å². The second-order valence-electron chi connectivity index (χ2n) is 6.62. The van der Waals surface area contributed by atoms with Crippen LogP contribution >= 0.6 is 0 Å². The van der Waals surface area contributed by atoms with Gasteiger partial charge in [-0.3, -0.25) is 9.03 Å². The fourth-order valence-electron chi connectivity index (χ4n) is 3.07. The number of benzene rings is 3. The van der Waals surface area contributed by atoms with Crippen LogP contribution in [0.25, 0.3) is 0 Å². The van der Waals surface area contributed by atoms with Crippen molar-refractivity contribution in [2.75, 3.05) is 22.2 Å². The standard InChI is InChI=1S/C20H16F2N2O5S2/c21-14-1-6-17(7-2-14)30(25,26)23-16-5-10-20-19(13-16)24(11-12-29-20)31(27,28)18-8-3-15(22)4-9-18/h1-10,13,23H,11-12H2. The highest BCUT2D eigenvalue weighted by Gasteiger charge is 2.31. The fraction of sp³-hybridized carbons (Fsp3) is 0.100. The van der Waals surface area contributed by atoms with E-state index in [2.05, 4.69) is 4.72 Å². The molecule has 0 aromatic heterocycles. The Bertz CT molecular complexity index is 1330. The third-order valence-electron chi connectivity index (χ3n) is 4.56. The number of halogens is 2. The average Bonchev–Trinajstić information content (AvgIpc) is 2.73. The molecule has 31 heavy (non-hydrogen) atoms. The van der Waals surface area contributed by atoms with Crippen molar-refractivity contribution in [1.29, 1.82) is 0 Å². The van der Waals surface area contributed by atoms with Gasteiger partial charge in [0.05, 0.1) is 27.7 Å². The van der Waals surface area contributed by atoms with Crippen LogP contribution < -0.4 is 13.8 Å². The molecule has 0 spiro atoms. The normalized spacial score (nSPS) is 13.9. The van der Waals surface area contributed by atoms with E-state index in [1.54, 1.807) is 0 Å². The first kappa shape index (κ1) is 21.1. The van der Waals surface area contributed by atoms with Crippen molar-refractivity contribution < 1.29 is 30.4 Å². The van der Waals surface area contributed by atoms with Crippen molar-refractivity contribution in [2.45, 2.75) is 9.79 Å². The minimum atomic E-state index is -4.04. The van der Waals surface area contributed by atoms with Gasteiger partial charge in [-0.15, -0.1) is 0 Å². The van der Waals surface area contributed by atoms with E-state index in [4.69, 9.17) is 4.74 Å². The zero-order valence-corrected chi connectivity index (χ0v) is 17.5. The number of hydrogen-bond donors (Lipinski definition) is 1.